The number of carbonyl (C=O) groups excluding carboxylic acids is 1. The molecule has 0 atom stereocenters. The summed E-state index contributed by atoms with van der Waals surface area (Å²) in [5, 5.41) is 14.7. The van der Waals surface area contributed by atoms with Gasteiger partial charge in [-0.1, -0.05) is 0 Å². The number of aromatic nitrogens is 1. The third-order valence-electron chi connectivity index (χ3n) is 2.75. The number of rotatable bonds is 3. The second-order valence-electron chi connectivity index (χ2n) is 4.11. The van der Waals surface area contributed by atoms with Crippen molar-refractivity contribution >= 4 is 34.0 Å². The maximum atomic E-state index is 11.8. The number of nitrogens with zero attached hydrogens (tertiary/aromatic N) is 1. The van der Waals surface area contributed by atoms with Crippen molar-refractivity contribution in [1.29, 1.82) is 0 Å². The molecule has 3 N–H and O–H groups in total. The maximum absolute atomic E-state index is 11.8. The third-order valence-corrected chi connectivity index (χ3v) is 3.87. The summed E-state index contributed by atoms with van der Waals surface area (Å²) in [5.74, 6) is -1.05. The highest BCUT2D eigenvalue weighted by molar-refractivity contribution is 7.16. The zero-order valence-corrected chi connectivity index (χ0v) is 11.7. The largest absolute Gasteiger partial charge is 0.478 e. The van der Waals surface area contributed by atoms with Crippen molar-refractivity contribution in [3.8, 4) is 0 Å². The highest BCUT2D eigenvalue weighted by Crippen LogP contribution is 2.32. The number of carboxylic acid groups (broad SMARTS) is 1. The zero-order chi connectivity index (χ0) is 14.7. The summed E-state index contributed by atoms with van der Waals surface area (Å²) in [6, 6.07) is 2.88. The van der Waals surface area contributed by atoms with Crippen LogP contribution in [0.1, 0.15) is 20.8 Å². The van der Waals surface area contributed by atoms with E-state index in [4.69, 9.17) is 0 Å². The second kappa shape index (κ2) is 5.70. The lowest BCUT2D eigenvalue weighted by molar-refractivity contribution is 0.0697. The Labute approximate surface area is 119 Å². The van der Waals surface area contributed by atoms with Crippen LogP contribution in [0.2, 0.25) is 0 Å². The van der Waals surface area contributed by atoms with Crippen LogP contribution in [0.3, 0.4) is 0 Å². The van der Waals surface area contributed by atoms with Crippen LogP contribution in [-0.2, 0) is 0 Å². The molecular formula is C13H13N3O3S. The SMILES string of the molecule is Cc1sc(NC(=O)Nc2cccnc2)c(C(=O)O)c1C. The van der Waals surface area contributed by atoms with E-state index in [1.807, 2.05) is 6.92 Å². The van der Waals surface area contributed by atoms with Crippen molar-refractivity contribution in [1.82, 2.24) is 4.98 Å². The monoisotopic (exact) mass is 291 g/mol. The van der Waals surface area contributed by atoms with Crippen LogP contribution >= 0.6 is 11.3 Å². The Kier molecular flexibility index (Phi) is 3.99. The molecule has 2 amide bonds. The van der Waals surface area contributed by atoms with Gasteiger partial charge >= 0.3 is 12.0 Å². The second-order valence-corrected chi connectivity index (χ2v) is 5.34. The van der Waals surface area contributed by atoms with Gasteiger partial charge in [0.15, 0.2) is 0 Å². The number of hydrogen-bond donors (Lipinski definition) is 3. The van der Waals surface area contributed by atoms with Crippen LogP contribution in [-0.4, -0.2) is 22.1 Å². The highest BCUT2D eigenvalue weighted by atomic mass is 32.1. The Hall–Kier alpha value is -2.41. The van der Waals surface area contributed by atoms with E-state index in [-0.39, 0.29) is 5.56 Å². The van der Waals surface area contributed by atoms with Gasteiger partial charge in [-0.15, -0.1) is 11.3 Å². The summed E-state index contributed by atoms with van der Waals surface area (Å²) in [6.45, 7) is 3.54. The van der Waals surface area contributed by atoms with E-state index in [1.165, 1.54) is 17.5 Å². The number of amides is 2. The fraction of sp³-hybridized carbons (Fsp3) is 0.154. The van der Waals surface area contributed by atoms with Gasteiger partial charge in [0.25, 0.3) is 0 Å². The van der Waals surface area contributed by atoms with E-state index in [2.05, 4.69) is 15.6 Å². The van der Waals surface area contributed by atoms with Crippen molar-refractivity contribution in [3.63, 3.8) is 0 Å². The minimum Gasteiger partial charge on any atom is -0.478 e. The van der Waals surface area contributed by atoms with Gasteiger partial charge in [0, 0.05) is 11.1 Å². The molecule has 7 heteroatoms. The quantitative estimate of drug-likeness (QED) is 0.810. The number of nitrogens with one attached hydrogen (secondary N) is 2. The molecule has 104 valence electrons. The van der Waals surface area contributed by atoms with Crippen LogP contribution in [0.25, 0.3) is 0 Å². The van der Waals surface area contributed by atoms with Crippen molar-refractivity contribution in [2.24, 2.45) is 0 Å². The molecule has 2 rings (SSSR count). The van der Waals surface area contributed by atoms with Crippen LogP contribution < -0.4 is 10.6 Å². The normalized spacial score (nSPS) is 10.1. The van der Waals surface area contributed by atoms with Gasteiger partial charge in [0.2, 0.25) is 0 Å². The Morgan fingerprint density at radius 3 is 2.65 bits per heavy atom. The van der Waals surface area contributed by atoms with Crippen molar-refractivity contribution in [2.75, 3.05) is 10.6 Å². The molecule has 0 radical (unpaired) electrons. The van der Waals surface area contributed by atoms with Gasteiger partial charge in [0.05, 0.1) is 17.4 Å². The Balaban J connectivity index is 2.16. The molecule has 0 saturated carbocycles. The first-order valence-corrected chi connectivity index (χ1v) is 6.62. The first kappa shape index (κ1) is 14.0. The Bertz CT molecular complexity index is 652. The first-order chi connectivity index (χ1) is 9.49. The lowest BCUT2D eigenvalue weighted by atomic mass is 10.1. The first-order valence-electron chi connectivity index (χ1n) is 5.80. The average molecular weight is 291 g/mol. The van der Waals surface area contributed by atoms with Crippen LogP contribution in [0.5, 0.6) is 0 Å². The van der Waals surface area contributed by atoms with Crippen molar-refractivity contribution in [3.05, 3.63) is 40.5 Å². The molecule has 20 heavy (non-hydrogen) atoms. The highest BCUT2D eigenvalue weighted by Gasteiger charge is 2.20. The molecule has 0 aliphatic carbocycles. The summed E-state index contributed by atoms with van der Waals surface area (Å²) >= 11 is 1.24. The number of thiophene rings is 1. The molecule has 0 spiro atoms. The lowest BCUT2D eigenvalue weighted by Crippen LogP contribution is -2.20. The number of hydrogen-bond acceptors (Lipinski definition) is 4. The molecule has 0 bridgehead atoms. The molecular weight excluding hydrogens is 278 g/mol. The average Bonchev–Trinajstić information content (AvgIpc) is 2.65. The van der Waals surface area contributed by atoms with Crippen LogP contribution in [0, 0.1) is 13.8 Å². The summed E-state index contributed by atoms with van der Waals surface area (Å²) < 4.78 is 0. The molecule has 0 saturated heterocycles. The molecule has 0 aliphatic rings. The number of aromatic carboxylic acids is 1. The van der Waals surface area contributed by atoms with E-state index in [0.29, 0.717) is 16.3 Å². The predicted molar refractivity (Wildman–Crippen MR) is 77.6 cm³/mol. The lowest BCUT2D eigenvalue weighted by Gasteiger charge is -2.06. The summed E-state index contributed by atoms with van der Waals surface area (Å²) in [7, 11) is 0. The van der Waals surface area contributed by atoms with Crippen molar-refractivity contribution in [2.45, 2.75) is 13.8 Å². The standard InChI is InChI=1S/C13H13N3O3S/c1-7-8(2)20-11(10(7)12(17)18)16-13(19)15-9-4-3-5-14-6-9/h3-6H,1-2H3,(H,17,18)(H2,15,16,19). The van der Waals surface area contributed by atoms with Crippen LogP contribution in [0.4, 0.5) is 15.5 Å². The van der Waals surface area contributed by atoms with Gasteiger partial charge in [-0.25, -0.2) is 9.59 Å². The fourth-order valence-electron chi connectivity index (χ4n) is 1.67. The van der Waals surface area contributed by atoms with E-state index in [1.54, 1.807) is 25.3 Å². The summed E-state index contributed by atoms with van der Waals surface area (Å²) in [4.78, 5) is 27.8. The number of aryl methyl sites for hydroxylation is 1. The molecule has 2 aromatic rings. The van der Waals surface area contributed by atoms with E-state index < -0.39 is 12.0 Å². The third kappa shape index (κ3) is 2.94. The number of anilines is 2. The zero-order valence-electron chi connectivity index (χ0n) is 10.9. The topological polar surface area (TPSA) is 91.3 Å². The fourth-order valence-corrected chi connectivity index (χ4v) is 2.72. The van der Waals surface area contributed by atoms with E-state index in [9.17, 15) is 14.7 Å². The van der Waals surface area contributed by atoms with Crippen molar-refractivity contribution < 1.29 is 14.7 Å². The molecule has 2 aromatic heterocycles. The van der Waals surface area contributed by atoms with Gasteiger partial charge in [-0.2, -0.15) is 0 Å². The smallest absolute Gasteiger partial charge is 0.338 e. The van der Waals surface area contributed by atoms with E-state index in [0.717, 1.165) is 4.88 Å². The summed E-state index contributed by atoms with van der Waals surface area (Å²) in [6.07, 6.45) is 3.10. The minimum absolute atomic E-state index is 0.133. The van der Waals surface area contributed by atoms with Crippen LogP contribution in [0.15, 0.2) is 24.5 Å². The number of carboxylic acids is 1. The van der Waals surface area contributed by atoms with Gasteiger partial charge in [-0.3, -0.25) is 10.3 Å². The van der Waals surface area contributed by atoms with E-state index >= 15 is 0 Å². The van der Waals surface area contributed by atoms with Gasteiger partial charge < -0.3 is 10.4 Å². The molecule has 6 nitrogen and oxygen atoms in total. The molecule has 0 aliphatic heterocycles. The Morgan fingerprint density at radius 2 is 2.05 bits per heavy atom. The van der Waals surface area contributed by atoms with Gasteiger partial charge in [-0.05, 0) is 31.5 Å². The Morgan fingerprint density at radius 1 is 1.30 bits per heavy atom. The van der Waals surface area contributed by atoms with Gasteiger partial charge in [0.1, 0.15) is 5.00 Å². The molecule has 2 heterocycles. The molecule has 0 aromatic carbocycles. The number of urea groups is 1. The molecule has 0 fully saturated rings. The summed E-state index contributed by atoms with van der Waals surface area (Å²) in [5.41, 5.74) is 1.33. The maximum Gasteiger partial charge on any atom is 0.338 e. The number of pyridine rings is 1. The molecule has 0 unspecified atom stereocenters. The predicted octanol–water partition coefficient (Wildman–Crippen LogP) is 3.10. The number of carbonyl (C=O) groups is 2. The minimum atomic E-state index is -1.05.